The van der Waals surface area contributed by atoms with E-state index in [1.807, 2.05) is 0 Å². The summed E-state index contributed by atoms with van der Waals surface area (Å²) in [5.41, 5.74) is 2.90. The first-order chi connectivity index (χ1) is 7.43. The Morgan fingerprint density at radius 3 is 2.67 bits per heavy atom. The van der Waals surface area contributed by atoms with Crippen molar-refractivity contribution in [2.24, 2.45) is 0 Å². The molecule has 80 valence electrons. The minimum atomic E-state index is 0.494. The van der Waals surface area contributed by atoms with E-state index in [1.54, 1.807) is 0 Å². The molecule has 0 saturated carbocycles. The fourth-order valence-electron chi connectivity index (χ4n) is 2.38. The van der Waals surface area contributed by atoms with Crippen LogP contribution in [0.3, 0.4) is 0 Å². The van der Waals surface area contributed by atoms with Crippen LogP contribution >= 0.6 is 0 Å². The largest absolute Gasteiger partial charge is 0.373 e. The maximum Gasteiger partial charge on any atom is 0.0850 e. The number of ether oxygens (including phenoxy) is 1. The minimum absolute atomic E-state index is 0.494. The lowest BCUT2D eigenvalue weighted by molar-refractivity contribution is 0.407. The summed E-state index contributed by atoms with van der Waals surface area (Å²) in [6, 6.07) is 8.78. The number of rotatable bonds is 3. The van der Waals surface area contributed by atoms with E-state index in [9.17, 15) is 0 Å². The highest BCUT2D eigenvalue weighted by Crippen LogP contribution is 2.27. The molecule has 2 aliphatic heterocycles. The molecule has 0 amide bonds. The zero-order valence-electron chi connectivity index (χ0n) is 8.98. The molecule has 2 saturated heterocycles. The molecule has 0 N–H and O–H groups in total. The number of hydrogen-bond donors (Lipinski definition) is 0. The van der Waals surface area contributed by atoms with Gasteiger partial charge < -0.3 is 9.64 Å². The van der Waals surface area contributed by atoms with Gasteiger partial charge in [0.25, 0.3) is 0 Å². The zero-order valence-corrected chi connectivity index (χ0v) is 8.98. The van der Waals surface area contributed by atoms with Crippen LogP contribution in [0.1, 0.15) is 18.4 Å². The van der Waals surface area contributed by atoms with E-state index in [2.05, 4.69) is 29.2 Å². The van der Waals surface area contributed by atoms with Crippen molar-refractivity contribution in [3.8, 4) is 0 Å². The Morgan fingerprint density at radius 2 is 1.93 bits per heavy atom. The number of anilines is 1. The van der Waals surface area contributed by atoms with Crippen molar-refractivity contribution in [2.75, 3.05) is 24.6 Å². The molecule has 2 nitrogen and oxygen atoms in total. The molecule has 1 unspecified atom stereocenters. The summed E-state index contributed by atoms with van der Waals surface area (Å²) >= 11 is 0. The van der Waals surface area contributed by atoms with E-state index in [4.69, 9.17) is 4.74 Å². The molecule has 3 rings (SSSR count). The lowest BCUT2D eigenvalue weighted by atomic mass is 10.1. The summed E-state index contributed by atoms with van der Waals surface area (Å²) in [4.78, 5) is 2.51. The molecule has 1 aromatic rings. The van der Waals surface area contributed by atoms with Crippen LogP contribution in [-0.2, 0) is 11.2 Å². The topological polar surface area (TPSA) is 15.8 Å². The number of hydrogen-bond acceptors (Lipinski definition) is 2. The second-order valence-corrected chi connectivity index (χ2v) is 4.48. The van der Waals surface area contributed by atoms with Crippen molar-refractivity contribution >= 4 is 5.69 Å². The van der Waals surface area contributed by atoms with Gasteiger partial charge in [-0.3, -0.25) is 0 Å². The molecular formula is C13H17NO. The highest BCUT2D eigenvalue weighted by molar-refractivity contribution is 5.54. The maximum atomic E-state index is 5.31. The van der Waals surface area contributed by atoms with Crippen LogP contribution < -0.4 is 4.90 Å². The molecule has 0 spiro atoms. The number of benzene rings is 1. The third kappa shape index (κ3) is 2.00. The molecule has 0 bridgehead atoms. The molecular weight excluding hydrogens is 186 g/mol. The van der Waals surface area contributed by atoms with E-state index in [0.29, 0.717) is 6.10 Å². The van der Waals surface area contributed by atoms with Gasteiger partial charge in [0.2, 0.25) is 0 Å². The highest BCUT2D eigenvalue weighted by atomic mass is 16.6. The number of epoxide rings is 1. The molecule has 2 heteroatoms. The van der Waals surface area contributed by atoms with Crippen LogP contribution in [-0.4, -0.2) is 25.8 Å². The van der Waals surface area contributed by atoms with Crippen LogP contribution in [0.4, 0.5) is 5.69 Å². The summed E-state index contributed by atoms with van der Waals surface area (Å²) in [6.45, 7) is 3.40. The fraction of sp³-hybridized carbons (Fsp3) is 0.538. The van der Waals surface area contributed by atoms with Crippen LogP contribution in [0, 0.1) is 0 Å². The molecule has 15 heavy (non-hydrogen) atoms. The van der Waals surface area contributed by atoms with Gasteiger partial charge in [-0.15, -0.1) is 0 Å². The van der Waals surface area contributed by atoms with Crippen molar-refractivity contribution in [2.45, 2.75) is 25.4 Å². The normalized spacial score (nSPS) is 24.5. The summed E-state index contributed by atoms with van der Waals surface area (Å²) in [5.74, 6) is 0. The second kappa shape index (κ2) is 3.86. The van der Waals surface area contributed by atoms with Crippen molar-refractivity contribution in [1.82, 2.24) is 0 Å². The van der Waals surface area contributed by atoms with Gasteiger partial charge in [-0.25, -0.2) is 0 Å². The molecule has 1 atom stereocenters. The van der Waals surface area contributed by atoms with Crippen molar-refractivity contribution < 1.29 is 4.74 Å². The maximum absolute atomic E-state index is 5.31. The molecule has 0 aliphatic carbocycles. The van der Waals surface area contributed by atoms with Gasteiger partial charge >= 0.3 is 0 Å². The first kappa shape index (κ1) is 9.22. The van der Waals surface area contributed by atoms with Crippen LogP contribution in [0.2, 0.25) is 0 Å². The Hall–Kier alpha value is -1.02. The van der Waals surface area contributed by atoms with E-state index in [1.165, 1.54) is 37.2 Å². The van der Waals surface area contributed by atoms with E-state index in [-0.39, 0.29) is 0 Å². The van der Waals surface area contributed by atoms with E-state index in [0.717, 1.165) is 13.0 Å². The Balaban J connectivity index is 1.83. The van der Waals surface area contributed by atoms with Crippen molar-refractivity contribution in [3.63, 3.8) is 0 Å². The Morgan fingerprint density at radius 1 is 1.20 bits per heavy atom. The Labute approximate surface area is 90.8 Å². The van der Waals surface area contributed by atoms with Crippen molar-refractivity contribution in [1.29, 1.82) is 0 Å². The van der Waals surface area contributed by atoms with Gasteiger partial charge in [-0.1, -0.05) is 18.2 Å². The lowest BCUT2D eigenvalue weighted by Crippen LogP contribution is -2.19. The molecule has 0 radical (unpaired) electrons. The summed E-state index contributed by atoms with van der Waals surface area (Å²) in [6.07, 6.45) is 4.27. The smallest absolute Gasteiger partial charge is 0.0850 e. The van der Waals surface area contributed by atoms with Crippen LogP contribution in [0.25, 0.3) is 0 Å². The minimum Gasteiger partial charge on any atom is -0.373 e. The monoisotopic (exact) mass is 203 g/mol. The lowest BCUT2D eigenvalue weighted by Gasteiger charge is -2.21. The third-order valence-corrected chi connectivity index (χ3v) is 3.29. The van der Waals surface area contributed by atoms with Gasteiger partial charge in [0, 0.05) is 25.2 Å². The summed E-state index contributed by atoms with van der Waals surface area (Å²) in [5, 5.41) is 0. The molecule has 2 heterocycles. The first-order valence-electron chi connectivity index (χ1n) is 5.88. The highest BCUT2D eigenvalue weighted by Gasteiger charge is 2.25. The average Bonchev–Trinajstić information content (AvgIpc) is 2.93. The van der Waals surface area contributed by atoms with Gasteiger partial charge in [0.15, 0.2) is 0 Å². The second-order valence-electron chi connectivity index (χ2n) is 4.48. The predicted octanol–water partition coefficient (Wildman–Crippen LogP) is 2.23. The fourth-order valence-corrected chi connectivity index (χ4v) is 2.38. The molecule has 0 aromatic heterocycles. The van der Waals surface area contributed by atoms with E-state index < -0.39 is 0 Å². The number of para-hydroxylation sites is 1. The number of nitrogens with zero attached hydrogens (tertiary/aromatic N) is 1. The van der Waals surface area contributed by atoms with Gasteiger partial charge in [0.1, 0.15) is 0 Å². The average molecular weight is 203 g/mol. The molecule has 1 aromatic carbocycles. The van der Waals surface area contributed by atoms with Crippen LogP contribution in [0.5, 0.6) is 0 Å². The molecule has 2 fully saturated rings. The quantitative estimate of drug-likeness (QED) is 0.700. The Kier molecular flexibility index (Phi) is 2.37. The van der Waals surface area contributed by atoms with Gasteiger partial charge in [-0.2, -0.15) is 0 Å². The third-order valence-electron chi connectivity index (χ3n) is 3.29. The first-order valence-corrected chi connectivity index (χ1v) is 5.88. The standard InChI is InChI=1S/C13H17NO/c1-2-6-13(14-7-3-4-8-14)11(5-1)9-12-10-15-12/h1-2,5-6,12H,3-4,7-10H2. The van der Waals surface area contributed by atoms with Gasteiger partial charge in [-0.05, 0) is 24.5 Å². The SMILES string of the molecule is c1ccc(N2CCCC2)c(CC2CO2)c1. The molecule has 2 aliphatic rings. The summed E-state index contributed by atoms with van der Waals surface area (Å²) in [7, 11) is 0. The van der Waals surface area contributed by atoms with Crippen molar-refractivity contribution in [3.05, 3.63) is 29.8 Å². The summed E-state index contributed by atoms with van der Waals surface area (Å²) < 4.78 is 5.31. The van der Waals surface area contributed by atoms with Crippen LogP contribution in [0.15, 0.2) is 24.3 Å². The zero-order chi connectivity index (χ0) is 10.1. The predicted molar refractivity (Wildman–Crippen MR) is 61.3 cm³/mol. The van der Waals surface area contributed by atoms with E-state index >= 15 is 0 Å². The van der Waals surface area contributed by atoms with Gasteiger partial charge in [0.05, 0.1) is 12.7 Å². The Bertz CT molecular complexity index is 340.